The van der Waals surface area contributed by atoms with Gasteiger partial charge in [-0.2, -0.15) is 0 Å². The van der Waals surface area contributed by atoms with Gasteiger partial charge in [-0.25, -0.2) is 4.39 Å². The summed E-state index contributed by atoms with van der Waals surface area (Å²) in [6, 6.07) is 5.45. The highest BCUT2D eigenvalue weighted by Gasteiger charge is 2.25. The van der Waals surface area contributed by atoms with E-state index in [1.807, 2.05) is 13.0 Å². The van der Waals surface area contributed by atoms with Crippen molar-refractivity contribution in [3.05, 3.63) is 29.6 Å². The number of hydrogen-bond donors (Lipinski definition) is 1. The SMILES string of the molecule is Cc1ccc(F)cc1NC1CC(C)C1. The molecule has 14 heavy (non-hydrogen) atoms. The molecule has 1 aromatic carbocycles. The molecule has 76 valence electrons. The molecule has 1 N–H and O–H groups in total. The van der Waals surface area contributed by atoms with E-state index < -0.39 is 0 Å². The maximum Gasteiger partial charge on any atom is 0.125 e. The van der Waals surface area contributed by atoms with Gasteiger partial charge >= 0.3 is 0 Å². The van der Waals surface area contributed by atoms with Crippen molar-refractivity contribution < 1.29 is 4.39 Å². The molecule has 0 heterocycles. The standard InChI is InChI=1S/C12H16FN/c1-8-5-11(6-8)14-12-7-10(13)4-3-9(12)2/h3-4,7-8,11,14H,5-6H2,1-2H3. The van der Waals surface area contributed by atoms with E-state index in [1.54, 1.807) is 6.07 Å². The fraction of sp³-hybridized carbons (Fsp3) is 0.500. The van der Waals surface area contributed by atoms with Crippen LogP contribution in [0.1, 0.15) is 25.3 Å². The molecule has 0 aromatic heterocycles. The number of halogens is 1. The molecule has 0 bridgehead atoms. The fourth-order valence-electron chi connectivity index (χ4n) is 1.99. The number of anilines is 1. The van der Waals surface area contributed by atoms with E-state index in [9.17, 15) is 4.39 Å². The number of benzene rings is 1. The Labute approximate surface area is 84.3 Å². The van der Waals surface area contributed by atoms with E-state index in [0.29, 0.717) is 6.04 Å². The van der Waals surface area contributed by atoms with Crippen LogP contribution in [0.15, 0.2) is 18.2 Å². The number of nitrogens with one attached hydrogen (secondary N) is 1. The molecule has 0 unspecified atom stereocenters. The van der Waals surface area contributed by atoms with Gasteiger partial charge in [-0.3, -0.25) is 0 Å². The van der Waals surface area contributed by atoms with Crippen molar-refractivity contribution in [2.45, 2.75) is 32.7 Å². The first-order valence-corrected chi connectivity index (χ1v) is 5.18. The van der Waals surface area contributed by atoms with Crippen molar-refractivity contribution in [3.63, 3.8) is 0 Å². The normalized spacial score (nSPS) is 25.6. The molecule has 1 aliphatic rings. The maximum absolute atomic E-state index is 13.0. The summed E-state index contributed by atoms with van der Waals surface area (Å²) in [5.41, 5.74) is 2.06. The third kappa shape index (κ3) is 1.89. The first kappa shape index (κ1) is 9.50. The molecule has 1 aliphatic carbocycles. The molecule has 0 atom stereocenters. The van der Waals surface area contributed by atoms with E-state index in [1.165, 1.54) is 18.9 Å². The van der Waals surface area contributed by atoms with Crippen molar-refractivity contribution in [1.82, 2.24) is 0 Å². The summed E-state index contributed by atoms with van der Waals surface area (Å²) in [5.74, 6) is 0.659. The Kier molecular flexibility index (Phi) is 2.44. The zero-order chi connectivity index (χ0) is 10.1. The van der Waals surface area contributed by atoms with Crippen molar-refractivity contribution in [2.75, 3.05) is 5.32 Å². The van der Waals surface area contributed by atoms with Gasteiger partial charge in [-0.05, 0) is 43.4 Å². The Morgan fingerprint density at radius 1 is 1.36 bits per heavy atom. The summed E-state index contributed by atoms with van der Waals surface area (Å²) in [6.07, 6.45) is 2.41. The van der Waals surface area contributed by atoms with Gasteiger partial charge in [-0.1, -0.05) is 13.0 Å². The fourth-order valence-corrected chi connectivity index (χ4v) is 1.99. The Morgan fingerprint density at radius 3 is 2.71 bits per heavy atom. The Hall–Kier alpha value is -1.05. The third-order valence-electron chi connectivity index (χ3n) is 2.93. The Balaban J connectivity index is 2.05. The van der Waals surface area contributed by atoms with Crippen molar-refractivity contribution >= 4 is 5.69 Å². The molecule has 0 amide bonds. The van der Waals surface area contributed by atoms with Gasteiger partial charge in [0.2, 0.25) is 0 Å². The molecular weight excluding hydrogens is 177 g/mol. The van der Waals surface area contributed by atoms with Crippen LogP contribution in [0.25, 0.3) is 0 Å². The van der Waals surface area contributed by atoms with Gasteiger partial charge in [0.05, 0.1) is 0 Å². The van der Waals surface area contributed by atoms with Gasteiger partial charge in [-0.15, -0.1) is 0 Å². The lowest BCUT2D eigenvalue weighted by Crippen LogP contribution is -2.33. The molecule has 0 radical (unpaired) electrons. The predicted octanol–water partition coefficient (Wildman–Crippen LogP) is 3.34. The van der Waals surface area contributed by atoms with Crippen LogP contribution in [0.2, 0.25) is 0 Å². The molecule has 0 aliphatic heterocycles. The highest BCUT2D eigenvalue weighted by atomic mass is 19.1. The highest BCUT2D eigenvalue weighted by molar-refractivity contribution is 5.51. The van der Waals surface area contributed by atoms with Gasteiger partial charge in [0.15, 0.2) is 0 Å². The maximum atomic E-state index is 13.0. The topological polar surface area (TPSA) is 12.0 Å². The second kappa shape index (κ2) is 3.60. The highest BCUT2D eigenvalue weighted by Crippen LogP contribution is 2.30. The monoisotopic (exact) mass is 193 g/mol. The molecule has 0 saturated heterocycles. The number of aryl methyl sites for hydroxylation is 1. The van der Waals surface area contributed by atoms with Gasteiger partial charge < -0.3 is 5.32 Å². The average molecular weight is 193 g/mol. The van der Waals surface area contributed by atoms with Crippen LogP contribution in [0, 0.1) is 18.7 Å². The molecule has 1 fully saturated rings. The van der Waals surface area contributed by atoms with Gasteiger partial charge in [0.25, 0.3) is 0 Å². The summed E-state index contributed by atoms with van der Waals surface area (Å²) in [7, 11) is 0. The minimum atomic E-state index is -0.162. The minimum Gasteiger partial charge on any atom is -0.382 e. The lowest BCUT2D eigenvalue weighted by atomic mass is 9.81. The summed E-state index contributed by atoms with van der Waals surface area (Å²) in [6.45, 7) is 4.25. The lowest BCUT2D eigenvalue weighted by Gasteiger charge is -2.34. The van der Waals surface area contributed by atoms with Gasteiger partial charge in [0.1, 0.15) is 5.82 Å². The zero-order valence-corrected chi connectivity index (χ0v) is 8.68. The molecule has 1 nitrogen and oxygen atoms in total. The van der Waals surface area contributed by atoms with Crippen LogP contribution in [0.4, 0.5) is 10.1 Å². The molecule has 0 spiro atoms. The first-order valence-electron chi connectivity index (χ1n) is 5.18. The summed E-state index contributed by atoms with van der Waals surface area (Å²) < 4.78 is 13.0. The van der Waals surface area contributed by atoms with Crippen LogP contribution in [-0.4, -0.2) is 6.04 Å². The molecule has 2 heteroatoms. The van der Waals surface area contributed by atoms with Crippen LogP contribution >= 0.6 is 0 Å². The minimum absolute atomic E-state index is 0.162. The van der Waals surface area contributed by atoms with Crippen molar-refractivity contribution in [2.24, 2.45) is 5.92 Å². The van der Waals surface area contributed by atoms with Crippen LogP contribution in [0.3, 0.4) is 0 Å². The Bertz CT molecular complexity index is 329. The van der Waals surface area contributed by atoms with Crippen molar-refractivity contribution in [3.8, 4) is 0 Å². The Morgan fingerprint density at radius 2 is 2.07 bits per heavy atom. The summed E-state index contributed by atoms with van der Waals surface area (Å²) in [4.78, 5) is 0. The van der Waals surface area contributed by atoms with Crippen LogP contribution in [-0.2, 0) is 0 Å². The first-order chi connectivity index (χ1) is 6.65. The molecular formula is C12H16FN. The molecule has 2 rings (SSSR count). The molecule has 1 saturated carbocycles. The summed E-state index contributed by atoms with van der Waals surface area (Å²) >= 11 is 0. The zero-order valence-electron chi connectivity index (χ0n) is 8.68. The van der Waals surface area contributed by atoms with Crippen LogP contribution in [0.5, 0.6) is 0 Å². The number of rotatable bonds is 2. The lowest BCUT2D eigenvalue weighted by molar-refractivity contribution is 0.309. The molecule has 1 aromatic rings. The van der Waals surface area contributed by atoms with Gasteiger partial charge in [0, 0.05) is 11.7 Å². The quantitative estimate of drug-likeness (QED) is 0.759. The van der Waals surface area contributed by atoms with E-state index in [0.717, 1.165) is 17.2 Å². The largest absolute Gasteiger partial charge is 0.382 e. The predicted molar refractivity (Wildman–Crippen MR) is 56.9 cm³/mol. The number of hydrogen-bond acceptors (Lipinski definition) is 1. The summed E-state index contributed by atoms with van der Waals surface area (Å²) in [5, 5.41) is 3.38. The van der Waals surface area contributed by atoms with E-state index in [4.69, 9.17) is 0 Å². The smallest absolute Gasteiger partial charge is 0.125 e. The third-order valence-corrected chi connectivity index (χ3v) is 2.93. The van der Waals surface area contributed by atoms with E-state index in [-0.39, 0.29) is 5.82 Å². The van der Waals surface area contributed by atoms with Crippen LogP contribution < -0.4 is 5.32 Å². The van der Waals surface area contributed by atoms with E-state index >= 15 is 0 Å². The van der Waals surface area contributed by atoms with Crippen molar-refractivity contribution in [1.29, 1.82) is 0 Å². The average Bonchev–Trinajstić information content (AvgIpc) is 2.09. The second-order valence-corrected chi connectivity index (χ2v) is 4.38. The second-order valence-electron chi connectivity index (χ2n) is 4.38. The van der Waals surface area contributed by atoms with E-state index in [2.05, 4.69) is 12.2 Å².